The van der Waals surface area contributed by atoms with E-state index in [0.29, 0.717) is 12.1 Å². The second-order valence-electron chi connectivity index (χ2n) is 7.10. The zero-order valence-corrected chi connectivity index (χ0v) is 13.7. The molecule has 0 atom stereocenters. The van der Waals surface area contributed by atoms with E-state index in [2.05, 4.69) is 5.32 Å². The fraction of sp³-hybridized carbons (Fsp3) is 0.938. The largest absolute Gasteiger partial charge is 0.444 e. The Morgan fingerprint density at radius 3 is 2.48 bits per heavy atom. The van der Waals surface area contributed by atoms with Crippen LogP contribution >= 0.6 is 0 Å². The van der Waals surface area contributed by atoms with E-state index in [0.717, 1.165) is 58.4 Å². The summed E-state index contributed by atoms with van der Waals surface area (Å²) in [5, 5.41) is 3.56. The molecule has 122 valence electrons. The van der Waals surface area contributed by atoms with Crippen LogP contribution in [0.2, 0.25) is 0 Å². The molecule has 0 spiro atoms. The smallest absolute Gasteiger partial charge is 0.410 e. The lowest BCUT2D eigenvalue weighted by Crippen LogP contribution is -2.40. The topological polar surface area (TPSA) is 50.8 Å². The summed E-state index contributed by atoms with van der Waals surface area (Å²) < 4.78 is 10.9. The number of carbonyl (C=O) groups excluding carboxylic acids is 1. The molecule has 1 saturated carbocycles. The zero-order valence-electron chi connectivity index (χ0n) is 13.7. The van der Waals surface area contributed by atoms with Crippen LogP contribution in [0.25, 0.3) is 0 Å². The minimum atomic E-state index is -0.412. The van der Waals surface area contributed by atoms with Gasteiger partial charge in [-0.25, -0.2) is 4.79 Å². The number of carbonyl (C=O) groups is 1. The Labute approximate surface area is 128 Å². The Bertz CT molecular complexity index is 331. The van der Waals surface area contributed by atoms with Crippen LogP contribution in [0.3, 0.4) is 0 Å². The first-order valence-electron chi connectivity index (χ1n) is 8.26. The van der Waals surface area contributed by atoms with E-state index in [1.165, 1.54) is 0 Å². The summed E-state index contributed by atoms with van der Waals surface area (Å²) in [6.07, 6.45) is 5.25. The van der Waals surface area contributed by atoms with Gasteiger partial charge in [0.15, 0.2) is 0 Å². The van der Waals surface area contributed by atoms with Gasteiger partial charge in [0.1, 0.15) is 5.60 Å². The van der Waals surface area contributed by atoms with Gasteiger partial charge in [-0.1, -0.05) is 0 Å². The number of rotatable bonds is 6. The minimum Gasteiger partial charge on any atom is -0.444 e. The highest BCUT2D eigenvalue weighted by molar-refractivity contribution is 5.69. The lowest BCUT2D eigenvalue weighted by Gasteiger charge is -2.28. The van der Waals surface area contributed by atoms with Crippen molar-refractivity contribution >= 4 is 6.09 Å². The van der Waals surface area contributed by atoms with Crippen LogP contribution in [0.1, 0.15) is 52.9 Å². The molecule has 2 rings (SSSR count). The average molecular weight is 298 g/mol. The highest BCUT2D eigenvalue weighted by atomic mass is 16.6. The first kappa shape index (κ1) is 16.6. The van der Waals surface area contributed by atoms with E-state index >= 15 is 0 Å². The summed E-state index contributed by atoms with van der Waals surface area (Å²) in [5.74, 6) is 0. The van der Waals surface area contributed by atoms with Gasteiger partial charge in [0.05, 0.1) is 0 Å². The number of hydrogen-bond acceptors (Lipinski definition) is 4. The van der Waals surface area contributed by atoms with Gasteiger partial charge in [-0.15, -0.1) is 0 Å². The quantitative estimate of drug-likeness (QED) is 0.766. The predicted molar refractivity (Wildman–Crippen MR) is 82.4 cm³/mol. The van der Waals surface area contributed by atoms with Crippen molar-refractivity contribution in [2.75, 3.05) is 26.3 Å². The second kappa shape index (κ2) is 7.45. The Kier molecular flexibility index (Phi) is 5.88. The number of ether oxygens (including phenoxy) is 2. The molecule has 1 amide bonds. The molecule has 0 aromatic heterocycles. The van der Waals surface area contributed by atoms with Crippen LogP contribution in [0, 0.1) is 0 Å². The molecule has 21 heavy (non-hydrogen) atoms. The molecule has 5 heteroatoms. The molecule has 1 aliphatic carbocycles. The van der Waals surface area contributed by atoms with Gasteiger partial charge < -0.3 is 19.7 Å². The van der Waals surface area contributed by atoms with Crippen molar-refractivity contribution in [1.29, 1.82) is 0 Å². The molecular formula is C16H30N2O3. The number of hydrogen-bond donors (Lipinski definition) is 1. The molecule has 5 nitrogen and oxygen atoms in total. The van der Waals surface area contributed by atoms with Crippen LogP contribution in [0.15, 0.2) is 0 Å². The molecule has 0 aromatic rings. The Morgan fingerprint density at radius 2 is 1.90 bits per heavy atom. The van der Waals surface area contributed by atoms with Crippen molar-refractivity contribution < 1.29 is 14.3 Å². The summed E-state index contributed by atoms with van der Waals surface area (Å²) in [6.45, 7) is 9.23. The molecule has 2 fully saturated rings. The van der Waals surface area contributed by atoms with Crippen molar-refractivity contribution in [3.8, 4) is 0 Å². The molecule has 0 bridgehead atoms. The highest BCUT2D eigenvalue weighted by Crippen LogP contribution is 2.28. The third-order valence-corrected chi connectivity index (χ3v) is 3.85. The first-order valence-corrected chi connectivity index (χ1v) is 8.26. The van der Waals surface area contributed by atoms with Crippen molar-refractivity contribution in [2.24, 2.45) is 0 Å². The van der Waals surface area contributed by atoms with E-state index < -0.39 is 5.60 Å². The first-order chi connectivity index (χ1) is 9.96. The van der Waals surface area contributed by atoms with E-state index in [1.54, 1.807) is 0 Å². The summed E-state index contributed by atoms with van der Waals surface area (Å²) >= 11 is 0. The van der Waals surface area contributed by atoms with Crippen LogP contribution in [-0.4, -0.2) is 55.0 Å². The van der Waals surface area contributed by atoms with E-state index in [9.17, 15) is 4.79 Å². The third-order valence-electron chi connectivity index (χ3n) is 3.85. The SMILES string of the molecule is CC(C)(C)OC(=O)N(CCCNC1CCOCC1)C1CC1. The van der Waals surface area contributed by atoms with Gasteiger partial charge in [-0.05, 0) is 59.4 Å². The molecule has 0 unspecified atom stereocenters. The maximum absolute atomic E-state index is 12.2. The van der Waals surface area contributed by atoms with Crippen LogP contribution in [0.5, 0.6) is 0 Å². The maximum Gasteiger partial charge on any atom is 0.410 e. The monoisotopic (exact) mass is 298 g/mol. The van der Waals surface area contributed by atoms with Gasteiger partial charge in [-0.2, -0.15) is 0 Å². The van der Waals surface area contributed by atoms with Gasteiger partial charge >= 0.3 is 6.09 Å². The minimum absolute atomic E-state index is 0.156. The zero-order chi connectivity index (χ0) is 15.3. The third kappa shape index (κ3) is 6.22. The molecule has 1 aliphatic heterocycles. The molecule has 1 heterocycles. The maximum atomic E-state index is 12.2. The van der Waals surface area contributed by atoms with E-state index in [4.69, 9.17) is 9.47 Å². The van der Waals surface area contributed by atoms with Gasteiger partial charge in [0.2, 0.25) is 0 Å². The van der Waals surface area contributed by atoms with Gasteiger partial charge in [0.25, 0.3) is 0 Å². The summed E-state index contributed by atoms with van der Waals surface area (Å²) in [6, 6.07) is 0.984. The summed E-state index contributed by atoms with van der Waals surface area (Å²) in [5.41, 5.74) is -0.412. The molecule has 0 radical (unpaired) electrons. The normalized spacial score (nSPS) is 20.3. The van der Waals surface area contributed by atoms with Crippen molar-refractivity contribution in [2.45, 2.75) is 70.6 Å². The average Bonchev–Trinajstić information content (AvgIpc) is 3.22. The Balaban J connectivity index is 1.67. The van der Waals surface area contributed by atoms with Crippen LogP contribution in [-0.2, 0) is 9.47 Å². The summed E-state index contributed by atoms with van der Waals surface area (Å²) in [7, 11) is 0. The van der Waals surface area contributed by atoms with Gasteiger partial charge in [-0.3, -0.25) is 0 Å². The molecule has 0 aromatic carbocycles. The fourth-order valence-corrected chi connectivity index (χ4v) is 2.59. The number of nitrogens with zero attached hydrogens (tertiary/aromatic N) is 1. The molecule has 1 N–H and O–H groups in total. The lowest BCUT2D eigenvalue weighted by molar-refractivity contribution is 0.0231. The van der Waals surface area contributed by atoms with Gasteiger partial charge in [0, 0.05) is 31.8 Å². The molecule has 2 aliphatic rings. The Hall–Kier alpha value is -0.810. The second-order valence-corrected chi connectivity index (χ2v) is 7.10. The van der Waals surface area contributed by atoms with E-state index in [1.807, 2.05) is 25.7 Å². The predicted octanol–water partition coefficient (Wildman–Crippen LogP) is 2.54. The van der Waals surface area contributed by atoms with Crippen molar-refractivity contribution in [3.05, 3.63) is 0 Å². The number of amides is 1. The lowest BCUT2D eigenvalue weighted by atomic mass is 10.1. The van der Waals surface area contributed by atoms with Crippen molar-refractivity contribution in [1.82, 2.24) is 10.2 Å². The highest BCUT2D eigenvalue weighted by Gasteiger charge is 2.34. The summed E-state index contributed by atoms with van der Waals surface area (Å²) in [4.78, 5) is 14.1. The van der Waals surface area contributed by atoms with Crippen molar-refractivity contribution in [3.63, 3.8) is 0 Å². The Morgan fingerprint density at radius 1 is 1.24 bits per heavy atom. The van der Waals surface area contributed by atoms with Crippen LogP contribution in [0.4, 0.5) is 4.79 Å². The number of nitrogens with one attached hydrogen (secondary N) is 1. The molecule has 1 saturated heterocycles. The standard InChI is InChI=1S/C16H30N2O3/c1-16(2,3)21-15(19)18(14-5-6-14)10-4-9-17-13-7-11-20-12-8-13/h13-14,17H,4-12H2,1-3H3. The molecular weight excluding hydrogens is 268 g/mol. The van der Waals surface area contributed by atoms with Crippen LogP contribution < -0.4 is 5.32 Å². The van der Waals surface area contributed by atoms with E-state index in [-0.39, 0.29) is 6.09 Å². The fourth-order valence-electron chi connectivity index (χ4n) is 2.59.